The third kappa shape index (κ3) is 3.36. The molecule has 1 aromatic carbocycles. The summed E-state index contributed by atoms with van der Waals surface area (Å²) in [5.74, 6) is 0.146. The van der Waals surface area contributed by atoms with E-state index in [-0.39, 0.29) is 5.91 Å². The molecule has 0 atom stereocenters. The number of carbonyl (C=O) groups is 1. The topological polar surface area (TPSA) is 36.4 Å². The van der Waals surface area contributed by atoms with E-state index in [1.54, 1.807) is 12.4 Å². The molecule has 1 saturated heterocycles. The smallest absolute Gasteiger partial charge is 0.255 e. The standard InChI is InChI=1S/C19H23N3O/c1-2-22(16-10-12-20-13-11-16)18-9-5-4-8-17(18)19(23)21-14-6-3-7-15-21/h4-5,8-13H,2-3,6-7,14-15H2,1H3. The molecule has 3 rings (SSSR count). The van der Waals surface area contributed by atoms with E-state index in [1.165, 1.54) is 6.42 Å². The molecule has 0 radical (unpaired) electrons. The highest BCUT2D eigenvalue weighted by molar-refractivity contribution is 6.00. The number of hydrogen-bond acceptors (Lipinski definition) is 3. The predicted octanol–water partition coefficient (Wildman–Crippen LogP) is 3.87. The number of rotatable bonds is 4. The normalized spacial score (nSPS) is 14.6. The van der Waals surface area contributed by atoms with Gasteiger partial charge < -0.3 is 9.80 Å². The Bertz CT molecular complexity index is 651. The zero-order valence-corrected chi connectivity index (χ0v) is 13.6. The fourth-order valence-corrected chi connectivity index (χ4v) is 3.17. The van der Waals surface area contributed by atoms with Crippen LogP contribution in [-0.4, -0.2) is 35.4 Å². The van der Waals surface area contributed by atoms with Gasteiger partial charge in [0.2, 0.25) is 0 Å². The fraction of sp³-hybridized carbons (Fsp3) is 0.368. The first-order valence-electron chi connectivity index (χ1n) is 8.37. The molecule has 2 heterocycles. The third-order valence-corrected chi connectivity index (χ3v) is 4.36. The van der Waals surface area contributed by atoms with Gasteiger partial charge in [0.25, 0.3) is 5.91 Å². The van der Waals surface area contributed by atoms with Crippen LogP contribution in [0, 0.1) is 0 Å². The summed E-state index contributed by atoms with van der Waals surface area (Å²) < 4.78 is 0. The maximum atomic E-state index is 13.0. The third-order valence-electron chi connectivity index (χ3n) is 4.36. The average molecular weight is 309 g/mol. The van der Waals surface area contributed by atoms with Gasteiger partial charge in [0.05, 0.1) is 11.3 Å². The number of anilines is 2. The maximum absolute atomic E-state index is 13.0. The first kappa shape index (κ1) is 15.5. The molecule has 0 aliphatic carbocycles. The number of carbonyl (C=O) groups excluding carboxylic acids is 1. The number of hydrogen-bond donors (Lipinski definition) is 0. The molecule has 120 valence electrons. The largest absolute Gasteiger partial charge is 0.341 e. The van der Waals surface area contributed by atoms with E-state index in [0.717, 1.165) is 49.4 Å². The first-order chi connectivity index (χ1) is 11.3. The number of nitrogens with zero attached hydrogens (tertiary/aromatic N) is 3. The van der Waals surface area contributed by atoms with Crippen molar-refractivity contribution in [1.82, 2.24) is 9.88 Å². The number of piperidine rings is 1. The van der Waals surface area contributed by atoms with Gasteiger partial charge >= 0.3 is 0 Å². The Morgan fingerprint density at radius 1 is 1.09 bits per heavy atom. The Morgan fingerprint density at radius 2 is 1.78 bits per heavy atom. The lowest BCUT2D eigenvalue weighted by atomic mass is 10.1. The average Bonchev–Trinajstić information content (AvgIpc) is 2.64. The van der Waals surface area contributed by atoms with Crippen molar-refractivity contribution in [2.75, 3.05) is 24.5 Å². The highest BCUT2D eigenvalue weighted by Crippen LogP contribution is 2.29. The van der Waals surface area contributed by atoms with Crippen molar-refractivity contribution in [3.63, 3.8) is 0 Å². The summed E-state index contributed by atoms with van der Waals surface area (Å²) in [6.45, 7) is 4.64. The number of para-hydroxylation sites is 1. The van der Waals surface area contributed by atoms with E-state index >= 15 is 0 Å². The Labute approximate surface area is 137 Å². The van der Waals surface area contributed by atoms with E-state index in [0.29, 0.717) is 0 Å². The molecule has 0 N–H and O–H groups in total. The molecular formula is C19H23N3O. The van der Waals surface area contributed by atoms with E-state index in [9.17, 15) is 4.79 Å². The van der Waals surface area contributed by atoms with Crippen LogP contribution in [0.15, 0.2) is 48.8 Å². The van der Waals surface area contributed by atoms with Crippen molar-refractivity contribution in [3.8, 4) is 0 Å². The number of likely N-dealkylation sites (tertiary alicyclic amines) is 1. The Hall–Kier alpha value is -2.36. The minimum Gasteiger partial charge on any atom is -0.341 e. The second-order valence-corrected chi connectivity index (χ2v) is 5.82. The van der Waals surface area contributed by atoms with Crippen molar-refractivity contribution in [1.29, 1.82) is 0 Å². The quantitative estimate of drug-likeness (QED) is 0.860. The fourth-order valence-electron chi connectivity index (χ4n) is 3.17. The zero-order chi connectivity index (χ0) is 16.1. The van der Waals surface area contributed by atoms with Crippen LogP contribution in [0.2, 0.25) is 0 Å². The lowest BCUT2D eigenvalue weighted by Gasteiger charge is -2.30. The number of amides is 1. The number of benzene rings is 1. The molecular weight excluding hydrogens is 286 g/mol. The summed E-state index contributed by atoms with van der Waals surface area (Å²) >= 11 is 0. The van der Waals surface area contributed by atoms with Gasteiger partial charge in [-0.25, -0.2) is 0 Å². The molecule has 0 bridgehead atoms. The van der Waals surface area contributed by atoms with E-state index in [1.807, 2.05) is 41.3 Å². The SMILES string of the molecule is CCN(c1ccncc1)c1ccccc1C(=O)N1CCCCC1. The van der Waals surface area contributed by atoms with E-state index in [2.05, 4.69) is 16.8 Å². The van der Waals surface area contributed by atoms with E-state index in [4.69, 9.17) is 0 Å². The van der Waals surface area contributed by atoms with Gasteiger partial charge in [-0.15, -0.1) is 0 Å². The van der Waals surface area contributed by atoms with Crippen LogP contribution in [0.4, 0.5) is 11.4 Å². The second kappa shape index (κ2) is 7.27. The molecule has 4 heteroatoms. The van der Waals surface area contributed by atoms with Crippen molar-refractivity contribution in [2.24, 2.45) is 0 Å². The number of pyridine rings is 1. The van der Waals surface area contributed by atoms with Crippen LogP contribution in [0.25, 0.3) is 0 Å². The molecule has 1 aliphatic rings. The summed E-state index contributed by atoms with van der Waals surface area (Å²) in [7, 11) is 0. The molecule has 23 heavy (non-hydrogen) atoms. The van der Waals surface area contributed by atoms with Gasteiger partial charge in [0.1, 0.15) is 0 Å². The van der Waals surface area contributed by atoms with Crippen LogP contribution in [0.1, 0.15) is 36.5 Å². The molecule has 2 aromatic rings. The van der Waals surface area contributed by atoms with Crippen LogP contribution in [0.5, 0.6) is 0 Å². The number of aromatic nitrogens is 1. The predicted molar refractivity (Wildman–Crippen MR) is 93.1 cm³/mol. The molecule has 0 spiro atoms. The Morgan fingerprint density at radius 3 is 2.48 bits per heavy atom. The van der Waals surface area contributed by atoms with Crippen molar-refractivity contribution in [3.05, 3.63) is 54.4 Å². The van der Waals surface area contributed by atoms with Crippen LogP contribution in [0.3, 0.4) is 0 Å². The Balaban J connectivity index is 1.95. The summed E-state index contributed by atoms with van der Waals surface area (Å²) in [6, 6.07) is 11.9. The van der Waals surface area contributed by atoms with Gasteiger partial charge in [0.15, 0.2) is 0 Å². The van der Waals surface area contributed by atoms with Gasteiger partial charge in [-0.2, -0.15) is 0 Å². The molecule has 0 saturated carbocycles. The minimum atomic E-state index is 0.146. The molecule has 0 unspecified atom stereocenters. The van der Waals surface area contributed by atoms with Gasteiger partial charge in [-0.05, 0) is 50.5 Å². The lowest BCUT2D eigenvalue weighted by Crippen LogP contribution is -2.36. The summed E-state index contributed by atoms with van der Waals surface area (Å²) in [5, 5.41) is 0. The zero-order valence-electron chi connectivity index (χ0n) is 13.6. The van der Waals surface area contributed by atoms with Crippen molar-refractivity contribution < 1.29 is 4.79 Å². The molecule has 1 fully saturated rings. The van der Waals surface area contributed by atoms with Crippen LogP contribution < -0.4 is 4.90 Å². The van der Waals surface area contributed by atoms with Gasteiger partial charge in [0, 0.05) is 37.7 Å². The van der Waals surface area contributed by atoms with E-state index < -0.39 is 0 Å². The van der Waals surface area contributed by atoms with Crippen LogP contribution in [-0.2, 0) is 0 Å². The lowest BCUT2D eigenvalue weighted by molar-refractivity contribution is 0.0725. The van der Waals surface area contributed by atoms with Crippen molar-refractivity contribution in [2.45, 2.75) is 26.2 Å². The molecule has 1 aromatic heterocycles. The highest BCUT2D eigenvalue weighted by atomic mass is 16.2. The van der Waals surface area contributed by atoms with Crippen LogP contribution >= 0.6 is 0 Å². The summed E-state index contributed by atoms with van der Waals surface area (Å²) in [5.41, 5.74) is 2.81. The van der Waals surface area contributed by atoms with Crippen molar-refractivity contribution >= 4 is 17.3 Å². The van der Waals surface area contributed by atoms with Gasteiger partial charge in [-0.1, -0.05) is 12.1 Å². The molecule has 4 nitrogen and oxygen atoms in total. The maximum Gasteiger partial charge on any atom is 0.255 e. The van der Waals surface area contributed by atoms with Gasteiger partial charge in [-0.3, -0.25) is 9.78 Å². The highest BCUT2D eigenvalue weighted by Gasteiger charge is 2.22. The molecule has 1 amide bonds. The summed E-state index contributed by atoms with van der Waals surface area (Å²) in [4.78, 5) is 21.2. The summed E-state index contributed by atoms with van der Waals surface area (Å²) in [6.07, 6.45) is 7.01. The minimum absolute atomic E-state index is 0.146. The monoisotopic (exact) mass is 309 g/mol. The first-order valence-corrected chi connectivity index (χ1v) is 8.37. The Kier molecular flexibility index (Phi) is 4.91. The molecule has 1 aliphatic heterocycles. The second-order valence-electron chi connectivity index (χ2n) is 5.82.